The minimum absolute atomic E-state index is 0.0370. The van der Waals surface area contributed by atoms with E-state index in [4.69, 9.17) is 26.8 Å². The van der Waals surface area contributed by atoms with Gasteiger partial charge in [-0.3, -0.25) is 4.90 Å². The topological polar surface area (TPSA) is 47.7 Å². The zero-order valence-electron chi connectivity index (χ0n) is 13.4. The number of methoxy groups -OCH3 is 2. The maximum absolute atomic E-state index is 6.57. The highest BCUT2D eigenvalue weighted by Crippen LogP contribution is 2.45. The zero-order chi connectivity index (χ0) is 15.8. The molecule has 0 spiro atoms. The molecule has 1 aliphatic rings. The fourth-order valence-electron chi connectivity index (χ4n) is 3.10. The van der Waals surface area contributed by atoms with Crippen LogP contribution in [-0.2, 0) is 0 Å². The smallest absolute Gasteiger partial charge is 0.179 e. The molecule has 0 saturated carbocycles. The van der Waals surface area contributed by atoms with E-state index in [1.165, 1.54) is 0 Å². The molecular formula is C16H25ClN2O2. The summed E-state index contributed by atoms with van der Waals surface area (Å²) in [5.41, 5.74) is 7.40. The van der Waals surface area contributed by atoms with Gasteiger partial charge < -0.3 is 15.2 Å². The van der Waals surface area contributed by atoms with Crippen LogP contribution in [0.15, 0.2) is 12.1 Å². The molecule has 5 heteroatoms. The third kappa shape index (κ3) is 2.98. The van der Waals surface area contributed by atoms with Gasteiger partial charge >= 0.3 is 0 Å². The standard InChI is InChI=1S/C16H25ClN2O2/c1-16(2,3)19-9-8-11(18)14(19)10-6-7-12(20-4)15(21-5)13(10)17/h6-7,11,14H,8-9,18H2,1-5H3. The molecule has 0 bridgehead atoms. The van der Waals surface area contributed by atoms with Crippen LogP contribution in [0.2, 0.25) is 5.02 Å². The van der Waals surface area contributed by atoms with Gasteiger partial charge in [-0.2, -0.15) is 0 Å². The first-order valence-corrected chi connectivity index (χ1v) is 7.61. The Morgan fingerprint density at radius 2 is 1.90 bits per heavy atom. The van der Waals surface area contributed by atoms with Crippen molar-refractivity contribution in [3.8, 4) is 11.5 Å². The minimum atomic E-state index is 0.0370. The lowest BCUT2D eigenvalue weighted by Crippen LogP contribution is -2.43. The Morgan fingerprint density at radius 1 is 1.24 bits per heavy atom. The van der Waals surface area contributed by atoms with Gasteiger partial charge in [0.05, 0.1) is 25.3 Å². The lowest BCUT2D eigenvalue weighted by Gasteiger charge is -2.38. The number of hydrogen-bond acceptors (Lipinski definition) is 4. The summed E-state index contributed by atoms with van der Waals surface area (Å²) >= 11 is 6.57. The largest absolute Gasteiger partial charge is 0.493 e. The molecule has 118 valence electrons. The Balaban J connectivity index is 2.49. The highest BCUT2D eigenvalue weighted by atomic mass is 35.5. The maximum Gasteiger partial charge on any atom is 0.179 e. The fraction of sp³-hybridized carbons (Fsp3) is 0.625. The quantitative estimate of drug-likeness (QED) is 0.931. The van der Waals surface area contributed by atoms with Gasteiger partial charge in [-0.1, -0.05) is 17.7 Å². The van der Waals surface area contributed by atoms with E-state index in [1.807, 2.05) is 12.1 Å². The summed E-state index contributed by atoms with van der Waals surface area (Å²) in [5, 5.41) is 0.591. The third-order valence-corrected chi connectivity index (χ3v) is 4.53. The van der Waals surface area contributed by atoms with Crippen molar-refractivity contribution in [2.24, 2.45) is 5.73 Å². The summed E-state index contributed by atoms with van der Waals surface area (Å²) < 4.78 is 10.7. The Kier molecular flexibility index (Phi) is 4.71. The molecule has 4 nitrogen and oxygen atoms in total. The molecule has 21 heavy (non-hydrogen) atoms. The van der Waals surface area contributed by atoms with Crippen molar-refractivity contribution >= 4 is 11.6 Å². The monoisotopic (exact) mass is 312 g/mol. The highest BCUT2D eigenvalue weighted by Gasteiger charge is 2.40. The average molecular weight is 313 g/mol. The van der Waals surface area contributed by atoms with Crippen molar-refractivity contribution in [1.82, 2.24) is 4.90 Å². The molecule has 1 aliphatic heterocycles. The molecule has 1 heterocycles. The molecule has 0 aliphatic carbocycles. The van der Waals surface area contributed by atoms with Gasteiger partial charge in [0.2, 0.25) is 0 Å². The molecule has 2 atom stereocenters. The number of benzene rings is 1. The zero-order valence-corrected chi connectivity index (χ0v) is 14.2. The third-order valence-electron chi connectivity index (χ3n) is 4.14. The van der Waals surface area contributed by atoms with Gasteiger partial charge in [0.15, 0.2) is 11.5 Å². The van der Waals surface area contributed by atoms with Gasteiger partial charge in [0.25, 0.3) is 0 Å². The van der Waals surface area contributed by atoms with Crippen LogP contribution in [0.25, 0.3) is 0 Å². The van der Waals surface area contributed by atoms with E-state index in [1.54, 1.807) is 14.2 Å². The Bertz CT molecular complexity index is 514. The molecule has 1 saturated heterocycles. The minimum Gasteiger partial charge on any atom is -0.493 e. The number of nitrogens with zero attached hydrogens (tertiary/aromatic N) is 1. The SMILES string of the molecule is COc1ccc(C2C(N)CCN2C(C)(C)C)c(Cl)c1OC. The number of hydrogen-bond donors (Lipinski definition) is 1. The predicted octanol–water partition coefficient (Wildman–Crippen LogP) is 3.23. The number of likely N-dealkylation sites (tertiary alicyclic amines) is 1. The first-order valence-electron chi connectivity index (χ1n) is 7.24. The average Bonchev–Trinajstić information content (AvgIpc) is 2.80. The van der Waals surface area contributed by atoms with Crippen LogP contribution in [0.1, 0.15) is 38.8 Å². The van der Waals surface area contributed by atoms with Crippen LogP contribution in [0.4, 0.5) is 0 Å². The van der Waals surface area contributed by atoms with Crippen molar-refractivity contribution in [2.45, 2.75) is 44.8 Å². The number of nitrogens with two attached hydrogens (primary N) is 1. The number of rotatable bonds is 3. The van der Waals surface area contributed by atoms with E-state index in [0.717, 1.165) is 18.5 Å². The van der Waals surface area contributed by atoms with Crippen LogP contribution in [-0.4, -0.2) is 37.2 Å². The van der Waals surface area contributed by atoms with Gasteiger partial charge in [0, 0.05) is 18.1 Å². The second-order valence-electron chi connectivity index (χ2n) is 6.47. The maximum atomic E-state index is 6.57. The number of ether oxygens (including phenoxy) is 2. The van der Waals surface area contributed by atoms with Crippen molar-refractivity contribution in [3.63, 3.8) is 0 Å². The summed E-state index contributed by atoms with van der Waals surface area (Å²) in [6.07, 6.45) is 0.965. The molecular weight excluding hydrogens is 288 g/mol. The number of halogens is 1. The van der Waals surface area contributed by atoms with Crippen LogP contribution in [0, 0.1) is 0 Å². The summed E-state index contributed by atoms with van der Waals surface area (Å²) in [5.74, 6) is 1.21. The van der Waals surface area contributed by atoms with E-state index < -0.39 is 0 Å². The van der Waals surface area contributed by atoms with E-state index in [2.05, 4.69) is 25.7 Å². The fourth-order valence-corrected chi connectivity index (χ4v) is 3.45. The molecule has 0 radical (unpaired) electrons. The molecule has 0 amide bonds. The second-order valence-corrected chi connectivity index (χ2v) is 6.84. The van der Waals surface area contributed by atoms with Crippen LogP contribution < -0.4 is 15.2 Å². The first kappa shape index (κ1) is 16.4. The molecule has 2 unspecified atom stereocenters. The predicted molar refractivity (Wildman–Crippen MR) is 86.3 cm³/mol. The van der Waals surface area contributed by atoms with E-state index >= 15 is 0 Å². The van der Waals surface area contributed by atoms with E-state index in [9.17, 15) is 0 Å². The first-order chi connectivity index (χ1) is 9.81. The molecule has 2 rings (SSSR count). The summed E-state index contributed by atoms with van der Waals surface area (Å²) in [6, 6.07) is 4.06. The molecule has 2 N–H and O–H groups in total. The van der Waals surface area contributed by atoms with Gasteiger partial charge in [-0.05, 0) is 38.8 Å². The lowest BCUT2D eigenvalue weighted by atomic mass is 9.96. The normalized spacial score (nSPS) is 23.4. The summed E-state index contributed by atoms with van der Waals surface area (Å²) in [4.78, 5) is 2.41. The molecule has 1 aromatic carbocycles. The Labute approximate surface area is 132 Å². The Hall–Kier alpha value is -0.970. The van der Waals surface area contributed by atoms with E-state index in [0.29, 0.717) is 16.5 Å². The molecule has 0 aromatic heterocycles. The van der Waals surface area contributed by atoms with Crippen LogP contribution in [0.3, 0.4) is 0 Å². The van der Waals surface area contributed by atoms with Gasteiger partial charge in [-0.25, -0.2) is 0 Å². The van der Waals surface area contributed by atoms with Gasteiger partial charge in [0.1, 0.15) is 0 Å². The van der Waals surface area contributed by atoms with Gasteiger partial charge in [-0.15, -0.1) is 0 Å². The van der Waals surface area contributed by atoms with Crippen molar-refractivity contribution in [2.75, 3.05) is 20.8 Å². The van der Waals surface area contributed by atoms with Crippen molar-refractivity contribution in [3.05, 3.63) is 22.7 Å². The molecule has 1 fully saturated rings. The molecule has 1 aromatic rings. The van der Waals surface area contributed by atoms with E-state index in [-0.39, 0.29) is 17.6 Å². The second kappa shape index (κ2) is 6.03. The highest BCUT2D eigenvalue weighted by molar-refractivity contribution is 6.33. The summed E-state index contributed by atoms with van der Waals surface area (Å²) in [7, 11) is 3.21. The van der Waals surface area contributed by atoms with Crippen molar-refractivity contribution < 1.29 is 9.47 Å². The van der Waals surface area contributed by atoms with Crippen LogP contribution >= 0.6 is 11.6 Å². The lowest BCUT2D eigenvalue weighted by molar-refractivity contribution is 0.117. The van der Waals surface area contributed by atoms with Crippen molar-refractivity contribution in [1.29, 1.82) is 0 Å². The Morgan fingerprint density at radius 3 is 2.43 bits per heavy atom. The summed E-state index contributed by atoms with van der Waals surface area (Å²) in [6.45, 7) is 7.58. The van der Waals surface area contributed by atoms with Crippen LogP contribution in [0.5, 0.6) is 11.5 Å².